The Morgan fingerprint density at radius 3 is 2.32 bits per heavy atom. The molecule has 0 aliphatic heterocycles. The Morgan fingerprint density at radius 1 is 0.871 bits per heavy atom. The smallest absolute Gasteiger partial charge is 0.255 e. The lowest BCUT2D eigenvalue weighted by molar-refractivity contribution is 0.0742. The number of nitrogens with two attached hydrogens (primary N) is 1. The van der Waals surface area contributed by atoms with Gasteiger partial charge in [0.1, 0.15) is 11.6 Å². The maximum absolute atomic E-state index is 13.6. The Balaban J connectivity index is 1.82. The third kappa shape index (κ3) is 5.96. The average molecular weight is 423 g/mol. The highest BCUT2D eigenvalue weighted by molar-refractivity contribution is 6.04. The molecular weight excluding hydrogens is 400 g/mol. The van der Waals surface area contributed by atoms with E-state index >= 15 is 0 Å². The fourth-order valence-corrected chi connectivity index (χ4v) is 3.12. The quantitative estimate of drug-likeness (QED) is 0.570. The van der Waals surface area contributed by atoms with Crippen molar-refractivity contribution in [3.8, 4) is 0 Å². The minimum atomic E-state index is -0.489. The van der Waals surface area contributed by atoms with Gasteiger partial charge in [-0.2, -0.15) is 0 Å². The molecule has 0 fully saturated rings. The van der Waals surface area contributed by atoms with Gasteiger partial charge in [0.15, 0.2) is 0 Å². The molecule has 0 saturated heterocycles. The van der Waals surface area contributed by atoms with Gasteiger partial charge in [0.2, 0.25) is 0 Å². The lowest BCUT2D eigenvalue weighted by Crippen LogP contribution is -2.33. The van der Waals surface area contributed by atoms with Crippen molar-refractivity contribution in [2.45, 2.75) is 13.0 Å². The van der Waals surface area contributed by atoms with Crippen molar-refractivity contribution < 1.29 is 18.4 Å². The summed E-state index contributed by atoms with van der Waals surface area (Å²) in [6.07, 6.45) is 0.575. The normalized spacial score (nSPS) is 10.5. The van der Waals surface area contributed by atoms with Crippen LogP contribution in [0.5, 0.6) is 0 Å². The Morgan fingerprint density at radius 2 is 1.61 bits per heavy atom. The highest BCUT2D eigenvalue weighted by Gasteiger charge is 2.18. The first-order valence-electron chi connectivity index (χ1n) is 9.87. The summed E-state index contributed by atoms with van der Waals surface area (Å²) in [6, 6.07) is 17.8. The molecule has 0 aliphatic carbocycles. The second-order valence-corrected chi connectivity index (χ2v) is 7.00. The molecule has 3 N–H and O–H groups in total. The van der Waals surface area contributed by atoms with Crippen LogP contribution in [0, 0.1) is 11.6 Å². The number of carbonyl (C=O) groups excluding carboxylic acids is 2. The minimum absolute atomic E-state index is 0.204. The fourth-order valence-electron chi connectivity index (χ4n) is 3.12. The third-order valence-electron chi connectivity index (χ3n) is 4.72. The molecular formula is C24H23F2N3O2. The van der Waals surface area contributed by atoms with Crippen LogP contribution in [0.2, 0.25) is 0 Å². The van der Waals surface area contributed by atoms with Crippen molar-refractivity contribution in [1.29, 1.82) is 0 Å². The van der Waals surface area contributed by atoms with Crippen LogP contribution in [0.15, 0.2) is 72.8 Å². The lowest BCUT2D eigenvalue weighted by atomic mass is 10.1. The molecule has 2 amide bonds. The van der Waals surface area contributed by atoms with Crippen LogP contribution in [0.25, 0.3) is 0 Å². The molecule has 0 aliphatic rings. The van der Waals surface area contributed by atoms with Crippen LogP contribution < -0.4 is 11.1 Å². The number of hydrogen-bond acceptors (Lipinski definition) is 3. The van der Waals surface area contributed by atoms with Crippen LogP contribution >= 0.6 is 0 Å². The molecule has 7 heteroatoms. The Bertz CT molecular complexity index is 1050. The summed E-state index contributed by atoms with van der Waals surface area (Å²) in [7, 11) is 0. The van der Waals surface area contributed by atoms with E-state index in [2.05, 4.69) is 5.32 Å². The van der Waals surface area contributed by atoms with Crippen LogP contribution in [-0.2, 0) is 6.54 Å². The molecule has 0 saturated carbocycles. The molecule has 0 bridgehead atoms. The van der Waals surface area contributed by atoms with E-state index in [9.17, 15) is 18.4 Å². The summed E-state index contributed by atoms with van der Waals surface area (Å²) >= 11 is 0. The number of halogens is 2. The molecule has 0 spiro atoms. The summed E-state index contributed by atoms with van der Waals surface area (Å²) in [5.74, 6) is -1.63. The van der Waals surface area contributed by atoms with Crippen molar-refractivity contribution >= 4 is 17.5 Å². The third-order valence-corrected chi connectivity index (χ3v) is 4.72. The van der Waals surface area contributed by atoms with E-state index in [1.807, 2.05) is 0 Å². The van der Waals surface area contributed by atoms with Gasteiger partial charge in [0.05, 0.1) is 0 Å². The zero-order valence-electron chi connectivity index (χ0n) is 16.9. The van der Waals surface area contributed by atoms with Gasteiger partial charge in [-0.15, -0.1) is 0 Å². The molecule has 0 atom stereocenters. The van der Waals surface area contributed by atoms with Gasteiger partial charge >= 0.3 is 0 Å². The van der Waals surface area contributed by atoms with Gasteiger partial charge in [-0.3, -0.25) is 9.59 Å². The number of amides is 2. The van der Waals surface area contributed by atoms with E-state index in [0.717, 1.165) is 0 Å². The van der Waals surface area contributed by atoms with Crippen molar-refractivity contribution in [3.63, 3.8) is 0 Å². The number of para-hydroxylation sites is 1. The predicted octanol–water partition coefficient (Wildman–Crippen LogP) is 4.21. The molecule has 0 aromatic heterocycles. The molecule has 3 aromatic rings. The Hall–Kier alpha value is -3.58. The van der Waals surface area contributed by atoms with Gasteiger partial charge in [-0.25, -0.2) is 8.78 Å². The number of hydrogen-bond donors (Lipinski definition) is 2. The van der Waals surface area contributed by atoms with Gasteiger partial charge in [-0.1, -0.05) is 24.3 Å². The zero-order valence-corrected chi connectivity index (χ0v) is 16.9. The van der Waals surface area contributed by atoms with Crippen LogP contribution in [0.3, 0.4) is 0 Å². The number of carbonyl (C=O) groups is 2. The topological polar surface area (TPSA) is 75.4 Å². The number of rotatable bonds is 8. The highest BCUT2D eigenvalue weighted by Crippen LogP contribution is 2.20. The van der Waals surface area contributed by atoms with Gasteiger partial charge in [-0.05, 0) is 67.1 Å². The second kappa shape index (κ2) is 10.4. The van der Waals surface area contributed by atoms with Crippen molar-refractivity contribution in [3.05, 3.63) is 101 Å². The van der Waals surface area contributed by atoms with E-state index in [1.165, 1.54) is 42.5 Å². The van der Waals surface area contributed by atoms with Crippen LogP contribution in [0.1, 0.15) is 32.7 Å². The summed E-state index contributed by atoms with van der Waals surface area (Å²) in [5, 5.41) is 2.81. The van der Waals surface area contributed by atoms with E-state index in [0.29, 0.717) is 36.3 Å². The first-order chi connectivity index (χ1) is 15.0. The number of anilines is 1. The number of nitrogens with one attached hydrogen (secondary N) is 1. The number of benzene rings is 3. The molecule has 3 rings (SSSR count). The summed E-state index contributed by atoms with van der Waals surface area (Å²) in [4.78, 5) is 27.1. The second-order valence-electron chi connectivity index (χ2n) is 7.00. The fraction of sp³-hybridized carbons (Fsp3) is 0.167. The first-order valence-corrected chi connectivity index (χ1v) is 9.87. The van der Waals surface area contributed by atoms with Gasteiger partial charge < -0.3 is 16.0 Å². The summed E-state index contributed by atoms with van der Waals surface area (Å²) in [5.41, 5.74) is 7.41. The van der Waals surface area contributed by atoms with Gasteiger partial charge in [0.25, 0.3) is 11.8 Å². The van der Waals surface area contributed by atoms with Crippen LogP contribution in [-0.4, -0.2) is 29.8 Å². The van der Waals surface area contributed by atoms with Gasteiger partial charge in [0, 0.05) is 29.9 Å². The maximum atomic E-state index is 13.6. The predicted molar refractivity (Wildman–Crippen MR) is 116 cm³/mol. The van der Waals surface area contributed by atoms with Crippen LogP contribution in [0.4, 0.5) is 14.5 Å². The van der Waals surface area contributed by atoms with Crippen molar-refractivity contribution in [1.82, 2.24) is 4.90 Å². The zero-order chi connectivity index (χ0) is 22.2. The van der Waals surface area contributed by atoms with E-state index in [1.54, 1.807) is 35.2 Å². The molecule has 0 unspecified atom stereocenters. The lowest BCUT2D eigenvalue weighted by Gasteiger charge is -2.24. The summed E-state index contributed by atoms with van der Waals surface area (Å²) < 4.78 is 26.7. The van der Waals surface area contributed by atoms with Crippen molar-refractivity contribution in [2.75, 3.05) is 18.4 Å². The maximum Gasteiger partial charge on any atom is 0.255 e. The largest absolute Gasteiger partial charge is 0.334 e. The van der Waals surface area contributed by atoms with E-state index in [4.69, 9.17) is 5.73 Å². The summed E-state index contributed by atoms with van der Waals surface area (Å²) in [6.45, 7) is 0.983. The van der Waals surface area contributed by atoms with Crippen molar-refractivity contribution in [2.24, 2.45) is 5.73 Å². The molecule has 5 nitrogen and oxygen atoms in total. The van der Waals surface area contributed by atoms with E-state index in [-0.39, 0.29) is 18.0 Å². The minimum Gasteiger partial charge on any atom is -0.334 e. The number of nitrogens with zero attached hydrogens (tertiary/aromatic N) is 1. The molecule has 160 valence electrons. The van der Waals surface area contributed by atoms with E-state index < -0.39 is 17.5 Å². The SMILES string of the molecule is NCCCN(Cc1ccccc1NC(=O)c1ccc(F)cc1)C(=O)c1cccc(F)c1. The molecule has 31 heavy (non-hydrogen) atoms. The molecule has 3 aromatic carbocycles. The Kier molecular flexibility index (Phi) is 7.45. The standard InChI is InChI=1S/C24H23F2N3O2/c25-20-11-9-17(10-12-20)23(30)28-22-8-2-1-5-19(22)16-29(14-4-13-27)24(31)18-6-3-7-21(26)15-18/h1-3,5-12,15H,4,13-14,16,27H2,(H,28,30). The molecule has 0 radical (unpaired) electrons. The average Bonchev–Trinajstić information content (AvgIpc) is 2.77. The Labute approximate surface area is 179 Å². The first kappa shape index (κ1) is 22.1. The monoisotopic (exact) mass is 423 g/mol. The molecule has 0 heterocycles. The highest BCUT2D eigenvalue weighted by atomic mass is 19.1.